The van der Waals surface area contributed by atoms with Gasteiger partial charge in [0.1, 0.15) is 16.1 Å². The van der Waals surface area contributed by atoms with Crippen LogP contribution >= 0.6 is 15.9 Å². The van der Waals surface area contributed by atoms with Crippen LogP contribution in [0.2, 0.25) is 0 Å². The van der Waals surface area contributed by atoms with Crippen LogP contribution in [0.3, 0.4) is 0 Å². The maximum atomic E-state index is 15.2. The number of hydrogen-bond acceptors (Lipinski definition) is 5. The molecule has 0 atom stereocenters. The Kier molecular flexibility index (Phi) is 6.69. The summed E-state index contributed by atoms with van der Waals surface area (Å²) in [6.45, 7) is 4.03. The number of aromatic nitrogens is 4. The average molecular weight is 513 g/mol. The van der Waals surface area contributed by atoms with Crippen molar-refractivity contribution in [1.82, 2.24) is 19.7 Å². The van der Waals surface area contributed by atoms with Crippen molar-refractivity contribution in [1.29, 1.82) is 0 Å². The van der Waals surface area contributed by atoms with E-state index in [0.717, 1.165) is 6.42 Å². The van der Waals surface area contributed by atoms with Crippen molar-refractivity contribution in [2.24, 2.45) is 0 Å². The standard InChI is InChI=1S/C24H22BrFN4O3/c1-3-7-20-27-19(4-2)21(25)23(31)30(20)13-15-11-10-14(12-18(15)26)16-8-5-6-9-17(16)22-28-24(32)33-29-22/h5-6,8-12H,3-4,7,13H2,1-2H3,(H,28,29,32). The molecule has 1 N–H and O–H groups in total. The van der Waals surface area contributed by atoms with E-state index in [0.29, 0.717) is 51.1 Å². The molecule has 2 heterocycles. The second kappa shape index (κ2) is 9.66. The molecule has 0 bridgehead atoms. The predicted molar refractivity (Wildman–Crippen MR) is 127 cm³/mol. The summed E-state index contributed by atoms with van der Waals surface area (Å²) in [4.78, 5) is 31.5. The molecule has 170 valence electrons. The van der Waals surface area contributed by atoms with Gasteiger partial charge in [0, 0.05) is 17.5 Å². The minimum absolute atomic E-state index is 0.0775. The van der Waals surface area contributed by atoms with Gasteiger partial charge in [-0.05, 0) is 46.0 Å². The number of hydrogen-bond donors (Lipinski definition) is 1. The first-order chi connectivity index (χ1) is 15.9. The van der Waals surface area contributed by atoms with E-state index < -0.39 is 11.6 Å². The lowest BCUT2D eigenvalue weighted by atomic mass is 9.98. The normalized spacial score (nSPS) is 11.2. The number of rotatable bonds is 7. The van der Waals surface area contributed by atoms with Gasteiger partial charge >= 0.3 is 5.76 Å². The number of halogens is 2. The van der Waals surface area contributed by atoms with Crippen LogP contribution in [-0.2, 0) is 19.4 Å². The SMILES string of the molecule is CCCc1nc(CC)c(Br)c(=O)n1Cc1ccc(-c2ccccc2-c2noc(=O)[nH]2)cc1F. The second-order valence-electron chi connectivity index (χ2n) is 7.58. The molecule has 0 spiro atoms. The Morgan fingerprint density at radius 1 is 1.12 bits per heavy atom. The first-order valence-electron chi connectivity index (χ1n) is 10.6. The molecular formula is C24H22BrFN4O3. The number of nitrogens with zero attached hydrogens (tertiary/aromatic N) is 3. The van der Waals surface area contributed by atoms with Crippen LogP contribution < -0.4 is 11.3 Å². The van der Waals surface area contributed by atoms with Gasteiger partial charge in [0.25, 0.3) is 5.56 Å². The van der Waals surface area contributed by atoms with E-state index in [1.807, 2.05) is 26.0 Å². The highest BCUT2D eigenvalue weighted by atomic mass is 79.9. The minimum atomic E-state index is -0.663. The molecule has 4 rings (SSSR count). The van der Waals surface area contributed by atoms with E-state index in [-0.39, 0.29) is 17.9 Å². The fraction of sp³-hybridized carbons (Fsp3) is 0.250. The summed E-state index contributed by atoms with van der Waals surface area (Å²) >= 11 is 3.35. The van der Waals surface area contributed by atoms with E-state index >= 15 is 4.39 Å². The molecule has 0 amide bonds. The minimum Gasteiger partial charge on any atom is -0.296 e. The largest absolute Gasteiger partial charge is 0.439 e. The lowest BCUT2D eigenvalue weighted by Gasteiger charge is -2.15. The number of benzene rings is 2. The van der Waals surface area contributed by atoms with Gasteiger partial charge in [0.2, 0.25) is 0 Å². The van der Waals surface area contributed by atoms with Crippen LogP contribution in [0, 0.1) is 5.82 Å². The summed E-state index contributed by atoms with van der Waals surface area (Å²) in [5.74, 6) is -0.196. The van der Waals surface area contributed by atoms with Gasteiger partial charge in [-0.2, -0.15) is 0 Å². The van der Waals surface area contributed by atoms with E-state index in [4.69, 9.17) is 0 Å². The smallest absolute Gasteiger partial charge is 0.296 e. The zero-order valence-electron chi connectivity index (χ0n) is 18.2. The van der Waals surface area contributed by atoms with Crippen LogP contribution in [0.4, 0.5) is 4.39 Å². The van der Waals surface area contributed by atoms with E-state index in [1.54, 1.807) is 24.3 Å². The van der Waals surface area contributed by atoms with Gasteiger partial charge in [-0.25, -0.2) is 14.2 Å². The summed E-state index contributed by atoms with van der Waals surface area (Å²) < 4.78 is 21.8. The summed E-state index contributed by atoms with van der Waals surface area (Å²) in [5.41, 5.74) is 2.78. The van der Waals surface area contributed by atoms with Gasteiger partial charge in [0.05, 0.1) is 12.2 Å². The maximum absolute atomic E-state index is 15.2. The molecule has 4 aromatic rings. The van der Waals surface area contributed by atoms with E-state index in [1.165, 1.54) is 10.6 Å². The molecule has 0 aliphatic heterocycles. The Hall–Kier alpha value is -3.33. The molecule has 7 nitrogen and oxygen atoms in total. The Morgan fingerprint density at radius 3 is 2.52 bits per heavy atom. The third kappa shape index (κ3) is 4.59. The fourth-order valence-electron chi connectivity index (χ4n) is 3.74. The Morgan fingerprint density at radius 2 is 1.88 bits per heavy atom. The summed E-state index contributed by atoms with van der Waals surface area (Å²) in [7, 11) is 0. The molecule has 0 unspecified atom stereocenters. The zero-order valence-corrected chi connectivity index (χ0v) is 19.8. The number of aromatic amines is 1. The van der Waals surface area contributed by atoms with Gasteiger partial charge < -0.3 is 0 Å². The van der Waals surface area contributed by atoms with Crippen molar-refractivity contribution in [3.8, 4) is 22.5 Å². The molecule has 2 aromatic carbocycles. The third-order valence-electron chi connectivity index (χ3n) is 5.39. The zero-order chi connectivity index (χ0) is 23.5. The third-order valence-corrected chi connectivity index (χ3v) is 6.18. The monoisotopic (exact) mass is 512 g/mol. The molecule has 0 saturated carbocycles. The first-order valence-corrected chi connectivity index (χ1v) is 11.4. The van der Waals surface area contributed by atoms with Crippen LogP contribution in [0.1, 0.15) is 37.4 Å². The summed E-state index contributed by atoms with van der Waals surface area (Å²) in [6, 6.07) is 12.1. The molecule has 9 heteroatoms. The Labute approximate surface area is 197 Å². The van der Waals surface area contributed by atoms with E-state index in [9.17, 15) is 9.59 Å². The topological polar surface area (TPSA) is 93.8 Å². The number of nitrogens with one attached hydrogen (secondary N) is 1. The van der Waals surface area contributed by atoms with Gasteiger partial charge in [-0.15, -0.1) is 0 Å². The molecule has 0 aliphatic carbocycles. The van der Waals surface area contributed by atoms with Crippen molar-refractivity contribution in [3.05, 3.63) is 90.7 Å². The number of H-pyrrole nitrogens is 1. The van der Waals surface area contributed by atoms with Crippen molar-refractivity contribution >= 4 is 15.9 Å². The number of aryl methyl sites for hydroxylation is 2. The van der Waals surface area contributed by atoms with Crippen molar-refractivity contribution in [2.75, 3.05) is 0 Å². The van der Waals surface area contributed by atoms with E-state index in [2.05, 4.69) is 35.6 Å². The summed E-state index contributed by atoms with van der Waals surface area (Å²) in [6.07, 6.45) is 2.07. The summed E-state index contributed by atoms with van der Waals surface area (Å²) in [5, 5.41) is 3.74. The second-order valence-corrected chi connectivity index (χ2v) is 8.37. The quantitative estimate of drug-likeness (QED) is 0.386. The molecule has 2 aromatic heterocycles. The van der Waals surface area contributed by atoms with Crippen molar-refractivity contribution in [3.63, 3.8) is 0 Å². The lowest BCUT2D eigenvalue weighted by Crippen LogP contribution is -2.28. The Bertz CT molecular complexity index is 1420. The lowest BCUT2D eigenvalue weighted by molar-refractivity contribution is 0.388. The maximum Gasteiger partial charge on any atom is 0.439 e. The van der Waals surface area contributed by atoms with Gasteiger partial charge in [-0.1, -0.05) is 55.4 Å². The van der Waals surface area contributed by atoms with Gasteiger partial charge in [0.15, 0.2) is 5.82 Å². The van der Waals surface area contributed by atoms with Crippen LogP contribution in [0.15, 0.2) is 61.0 Å². The average Bonchev–Trinajstić information content (AvgIpc) is 3.25. The van der Waals surface area contributed by atoms with Crippen molar-refractivity contribution in [2.45, 2.75) is 39.7 Å². The highest BCUT2D eigenvalue weighted by molar-refractivity contribution is 9.10. The molecule has 33 heavy (non-hydrogen) atoms. The van der Waals surface area contributed by atoms with Crippen LogP contribution in [0.25, 0.3) is 22.5 Å². The highest BCUT2D eigenvalue weighted by Crippen LogP contribution is 2.31. The highest BCUT2D eigenvalue weighted by Gasteiger charge is 2.17. The Balaban J connectivity index is 1.73. The fourth-order valence-corrected chi connectivity index (χ4v) is 4.32. The molecule has 0 fully saturated rings. The molecule has 0 saturated heterocycles. The first kappa shape index (κ1) is 22.8. The van der Waals surface area contributed by atoms with Crippen molar-refractivity contribution < 1.29 is 8.91 Å². The predicted octanol–water partition coefficient (Wildman–Crippen LogP) is 4.72. The van der Waals surface area contributed by atoms with Crippen LogP contribution in [0.5, 0.6) is 0 Å². The molecule has 0 aliphatic rings. The molecular weight excluding hydrogens is 491 g/mol. The molecule has 0 radical (unpaired) electrons. The van der Waals surface area contributed by atoms with Gasteiger partial charge in [-0.3, -0.25) is 18.9 Å². The van der Waals surface area contributed by atoms with Crippen LogP contribution in [-0.4, -0.2) is 19.7 Å².